The van der Waals surface area contributed by atoms with Crippen molar-refractivity contribution in [2.45, 2.75) is 6.92 Å². The lowest BCUT2D eigenvalue weighted by Gasteiger charge is -2.12. The summed E-state index contributed by atoms with van der Waals surface area (Å²) in [5, 5.41) is 12.7. The van der Waals surface area contributed by atoms with E-state index in [1.807, 2.05) is 30.3 Å². The van der Waals surface area contributed by atoms with E-state index in [2.05, 4.69) is 5.32 Å². The van der Waals surface area contributed by atoms with Crippen molar-refractivity contribution in [2.24, 2.45) is 0 Å². The fourth-order valence-corrected chi connectivity index (χ4v) is 2.97. The first-order valence-electron chi connectivity index (χ1n) is 8.00. The minimum absolute atomic E-state index is 0.0871. The van der Waals surface area contributed by atoms with Crippen molar-refractivity contribution in [3.05, 3.63) is 76.8 Å². The van der Waals surface area contributed by atoms with Crippen molar-refractivity contribution >= 4 is 29.2 Å². The van der Waals surface area contributed by atoms with Crippen molar-refractivity contribution < 1.29 is 14.3 Å². The molecule has 0 aliphatic carbocycles. The maximum absolute atomic E-state index is 12.3. The van der Waals surface area contributed by atoms with Crippen LogP contribution in [0.2, 0.25) is 0 Å². The molecule has 0 aliphatic rings. The van der Waals surface area contributed by atoms with Crippen LogP contribution in [0.25, 0.3) is 0 Å². The molecule has 0 aliphatic heterocycles. The van der Waals surface area contributed by atoms with Gasteiger partial charge in [0, 0.05) is 11.3 Å². The number of carbonyl (C=O) groups excluding carboxylic acids is 2. The maximum atomic E-state index is 12.3. The zero-order valence-corrected chi connectivity index (χ0v) is 15.1. The fourth-order valence-electron chi connectivity index (χ4n) is 2.06. The number of nitrogens with zero attached hydrogens (tertiary/aromatic N) is 1. The van der Waals surface area contributed by atoms with Crippen LogP contribution in [0, 0.1) is 11.3 Å². The van der Waals surface area contributed by atoms with E-state index >= 15 is 0 Å². The lowest BCUT2D eigenvalue weighted by molar-refractivity contribution is -0.138. The first-order chi connectivity index (χ1) is 12.7. The summed E-state index contributed by atoms with van der Waals surface area (Å²) in [6.45, 7) is 1.83. The highest BCUT2D eigenvalue weighted by Gasteiger charge is 2.19. The van der Waals surface area contributed by atoms with E-state index in [4.69, 9.17) is 4.74 Å². The molecule has 0 aromatic heterocycles. The van der Waals surface area contributed by atoms with Gasteiger partial charge in [-0.1, -0.05) is 60.3 Å². The van der Waals surface area contributed by atoms with Gasteiger partial charge in [-0.3, -0.25) is 4.79 Å². The summed E-state index contributed by atoms with van der Waals surface area (Å²) < 4.78 is 4.95. The molecule has 0 radical (unpaired) electrons. The fraction of sp³-hybridized carbons (Fsp3) is 0.150. The van der Waals surface area contributed by atoms with Crippen molar-refractivity contribution in [3.8, 4) is 6.07 Å². The Morgan fingerprint density at radius 3 is 2.27 bits per heavy atom. The second-order valence-corrected chi connectivity index (χ2v) is 6.09. The molecule has 0 saturated heterocycles. The average Bonchev–Trinajstić information content (AvgIpc) is 2.68. The normalized spacial score (nSPS) is 11.1. The van der Waals surface area contributed by atoms with E-state index in [9.17, 15) is 14.9 Å². The number of rotatable bonds is 8. The Morgan fingerprint density at radius 1 is 1.08 bits per heavy atom. The van der Waals surface area contributed by atoms with Crippen molar-refractivity contribution in [1.29, 1.82) is 5.26 Å². The maximum Gasteiger partial charge on any atom is 0.351 e. The van der Waals surface area contributed by atoms with E-state index < -0.39 is 5.97 Å². The standard InChI is InChI=1S/C20H18N2O3S/c1-2-25-20(24)17(13-21)19(22-16-11-7-4-8-12-16)26-14-18(23)15-9-5-3-6-10-15/h3-12,22H,2,14H2,1H3. The third-order valence-corrected chi connectivity index (χ3v) is 4.29. The van der Waals surface area contributed by atoms with Gasteiger partial charge in [-0.15, -0.1) is 0 Å². The van der Waals surface area contributed by atoms with Crippen molar-refractivity contribution in [1.82, 2.24) is 0 Å². The Morgan fingerprint density at radius 2 is 1.69 bits per heavy atom. The molecular weight excluding hydrogens is 348 g/mol. The Hall–Kier alpha value is -3.04. The average molecular weight is 366 g/mol. The van der Waals surface area contributed by atoms with Gasteiger partial charge in [-0.25, -0.2) is 4.79 Å². The summed E-state index contributed by atoms with van der Waals surface area (Å²) in [7, 11) is 0. The zero-order valence-electron chi connectivity index (χ0n) is 14.3. The molecule has 0 amide bonds. The summed E-state index contributed by atoms with van der Waals surface area (Å²) in [6, 6.07) is 19.9. The van der Waals surface area contributed by atoms with Gasteiger partial charge >= 0.3 is 5.97 Å². The lowest BCUT2D eigenvalue weighted by Crippen LogP contribution is -2.13. The SMILES string of the molecule is CCOC(=O)C(C#N)=C(Nc1ccccc1)SCC(=O)c1ccccc1. The molecule has 5 nitrogen and oxygen atoms in total. The van der Waals surface area contributed by atoms with E-state index in [1.54, 1.807) is 43.3 Å². The third-order valence-electron chi connectivity index (χ3n) is 3.29. The number of hydrogen-bond acceptors (Lipinski definition) is 6. The lowest BCUT2D eigenvalue weighted by atomic mass is 10.2. The first kappa shape index (κ1) is 19.3. The minimum Gasteiger partial charge on any atom is -0.462 e. The van der Waals surface area contributed by atoms with E-state index in [0.29, 0.717) is 16.3 Å². The number of ether oxygens (including phenoxy) is 1. The molecule has 2 aromatic rings. The van der Waals surface area contributed by atoms with Gasteiger partial charge in [0.1, 0.15) is 6.07 Å². The van der Waals surface area contributed by atoms with Gasteiger partial charge in [-0.05, 0) is 19.1 Å². The number of nitriles is 1. The monoisotopic (exact) mass is 366 g/mol. The number of thioether (sulfide) groups is 1. The van der Waals surface area contributed by atoms with Crippen LogP contribution < -0.4 is 5.32 Å². The highest BCUT2D eigenvalue weighted by atomic mass is 32.2. The number of anilines is 1. The predicted molar refractivity (Wildman–Crippen MR) is 103 cm³/mol. The van der Waals surface area contributed by atoms with Crippen LogP contribution in [0.3, 0.4) is 0 Å². The van der Waals surface area contributed by atoms with Crippen LogP contribution >= 0.6 is 11.8 Å². The van der Waals surface area contributed by atoms with Gasteiger partial charge in [0.25, 0.3) is 0 Å². The number of para-hydroxylation sites is 1. The number of carbonyl (C=O) groups is 2. The van der Waals surface area contributed by atoms with E-state index in [-0.39, 0.29) is 23.7 Å². The molecule has 2 aromatic carbocycles. The van der Waals surface area contributed by atoms with E-state index in [0.717, 1.165) is 11.8 Å². The molecule has 2 rings (SSSR count). The van der Waals surface area contributed by atoms with Crippen LogP contribution in [-0.2, 0) is 9.53 Å². The minimum atomic E-state index is -0.715. The largest absolute Gasteiger partial charge is 0.462 e. The molecule has 1 N–H and O–H groups in total. The summed E-state index contributed by atoms with van der Waals surface area (Å²) in [6.07, 6.45) is 0. The molecule has 0 bridgehead atoms. The quantitative estimate of drug-likeness (QED) is 0.329. The Bertz CT molecular complexity index is 827. The molecule has 0 spiro atoms. The topological polar surface area (TPSA) is 79.2 Å². The van der Waals surface area contributed by atoms with Crippen LogP contribution in [-0.4, -0.2) is 24.1 Å². The smallest absolute Gasteiger partial charge is 0.351 e. The molecule has 26 heavy (non-hydrogen) atoms. The number of esters is 1. The molecule has 0 heterocycles. The van der Waals surface area contributed by atoms with Crippen LogP contribution in [0.5, 0.6) is 0 Å². The highest BCUT2D eigenvalue weighted by molar-refractivity contribution is 8.03. The zero-order chi connectivity index (χ0) is 18.8. The number of nitrogens with one attached hydrogen (secondary N) is 1. The first-order valence-corrected chi connectivity index (χ1v) is 8.99. The number of ketones is 1. The third kappa shape index (κ3) is 5.50. The second-order valence-electron chi connectivity index (χ2n) is 5.11. The van der Waals surface area contributed by atoms with E-state index in [1.165, 1.54) is 0 Å². The summed E-state index contributed by atoms with van der Waals surface area (Å²) in [4.78, 5) is 24.4. The van der Waals surface area contributed by atoms with Crippen LogP contribution in [0.1, 0.15) is 17.3 Å². The van der Waals surface area contributed by atoms with Gasteiger partial charge in [0.15, 0.2) is 11.4 Å². The highest BCUT2D eigenvalue weighted by Crippen LogP contribution is 2.24. The molecule has 0 unspecified atom stereocenters. The Balaban J connectivity index is 2.24. The Kier molecular flexibility index (Phi) is 7.47. The number of Topliss-reactive ketones (excluding diaryl/α,β-unsaturated/α-hetero) is 1. The molecule has 0 fully saturated rings. The van der Waals surface area contributed by atoms with Gasteiger partial charge in [0.2, 0.25) is 0 Å². The molecule has 132 valence electrons. The summed E-state index contributed by atoms with van der Waals surface area (Å²) in [5.74, 6) is -0.721. The van der Waals surface area contributed by atoms with Crippen LogP contribution in [0.15, 0.2) is 71.3 Å². The summed E-state index contributed by atoms with van der Waals surface area (Å²) >= 11 is 1.10. The molecular formula is C20H18N2O3S. The number of hydrogen-bond donors (Lipinski definition) is 1. The molecule has 0 atom stereocenters. The van der Waals surface area contributed by atoms with Crippen molar-refractivity contribution in [3.63, 3.8) is 0 Å². The Labute approximate surface area is 156 Å². The van der Waals surface area contributed by atoms with Gasteiger partial charge in [0.05, 0.1) is 17.4 Å². The molecule has 6 heteroatoms. The molecule has 0 saturated carbocycles. The van der Waals surface area contributed by atoms with Crippen LogP contribution in [0.4, 0.5) is 5.69 Å². The summed E-state index contributed by atoms with van der Waals surface area (Å²) in [5.41, 5.74) is 1.13. The number of benzene rings is 2. The predicted octanol–water partition coefficient (Wildman–Crippen LogP) is 4.01. The van der Waals surface area contributed by atoms with Crippen molar-refractivity contribution in [2.75, 3.05) is 17.7 Å². The second kappa shape index (κ2) is 10.1. The van der Waals surface area contributed by atoms with Gasteiger partial charge in [-0.2, -0.15) is 5.26 Å². The van der Waals surface area contributed by atoms with Gasteiger partial charge < -0.3 is 10.1 Å².